The Morgan fingerprint density at radius 1 is 1.20 bits per heavy atom. The lowest BCUT2D eigenvalue weighted by atomic mass is 9.88. The summed E-state index contributed by atoms with van der Waals surface area (Å²) in [5.41, 5.74) is -1.28. The van der Waals surface area contributed by atoms with Gasteiger partial charge in [0.25, 0.3) is 0 Å². The predicted molar refractivity (Wildman–Crippen MR) is 68.2 cm³/mol. The minimum absolute atomic E-state index is 0.117. The Morgan fingerprint density at radius 3 is 2.15 bits per heavy atom. The van der Waals surface area contributed by atoms with Gasteiger partial charge in [0.2, 0.25) is 0 Å². The van der Waals surface area contributed by atoms with Crippen LogP contribution < -0.4 is 0 Å². The van der Waals surface area contributed by atoms with Crippen molar-refractivity contribution in [2.24, 2.45) is 0 Å². The molecule has 0 saturated heterocycles. The van der Waals surface area contributed by atoms with Gasteiger partial charge < -0.3 is 14.6 Å². The Kier molecular flexibility index (Phi) is 5.18. The smallest absolute Gasteiger partial charge is 0.385 e. The maximum absolute atomic E-state index is 12.6. The summed E-state index contributed by atoms with van der Waals surface area (Å²) in [6.45, 7) is 3.06. The molecule has 0 aliphatic heterocycles. The molecule has 6 heteroatoms. The Labute approximate surface area is 116 Å². The van der Waals surface area contributed by atoms with Crippen LogP contribution in [0.25, 0.3) is 0 Å². The molecule has 114 valence electrons. The van der Waals surface area contributed by atoms with Crippen LogP contribution in [0.2, 0.25) is 0 Å². The summed E-state index contributed by atoms with van der Waals surface area (Å²) in [5, 5.41) is 10.5. The largest absolute Gasteiger partial charge is 0.416 e. The lowest BCUT2D eigenvalue weighted by Gasteiger charge is -2.29. The molecule has 0 saturated carbocycles. The molecule has 1 unspecified atom stereocenters. The summed E-state index contributed by atoms with van der Waals surface area (Å²) >= 11 is 0. The van der Waals surface area contributed by atoms with Gasteiger partial charge >= 0.3 is 6.18 Å². The highest BCUT2D eigenvalue weighted by Gasteiger charge is 2.33. The first-order valence-corrected chi connectivity index (χ1v) is 6.08. The second-order valence-electron chi connectivity index (χ2n) is 4.91. The lowest BCUT2D eigenvalue weighted by Crippen LogP contribution is -2.30. The Bertz CT molecular complexity index is 451. The van der Waals surface area contributed by atoms with E-state index in [1.807, 2.05) is 0 Å². The number of hydrogen-bond acceptors (Lipinski definition) is 3. The zero-order chi connectivity index (χ0) is 15.6. The first-order valence-electron chi connectivity index (χ1n) is 6.08. The summed E-state index contributed by atoms with van der Waals surface area (Å²) in [7, 11) is 2.87. The third kappa shape index (κ3) is 3.94. The van der Waals surface area contributed by atoms with E-state index in [1.54, 1.807) is 0 Å². The van der Waals surface area contributed by atoms with Crippen LogP contribution in [-0.4, -0.2) is 25.6 Å². The van der Waals surface area contributed by atoms with Crippen LogP contribution in [0.3, 0.4) is 0 Å². The van der Waals surface area contributed by atoms with Gasteiger partial charge in [-0.3, -0.25) is 0 Å². The molecule has 0 amide bonds. The summed E-state index contributed by atoms with van der Waals surface area (Å²) in [6, 6.07) is 3.28. The minimum Gasteiger partial charge on any atom is -0.385 e. The van der Waals surface area contributed by atoms with Crippen molar-refractivity contribution >= 4 is 0 Å². The van der Waals surface area contributed by atoms with Gasteiger partial charge in [-0.25, -0.2) is 0 Å². The standard InChI is InChI=1S/C14H19F3O3/c1-9-7-10(14(15,16)17)5-6-11(9)13(2,18)8-12(19-3)20-4/h5-7,12,18H,8H2,1-4H3. The van der Waals surface area contributed by atoms with Gasteiger partial charge in [0.1, 0.15) is 0 Å². The number of alkyl halides is 3. The van der Waals surface area contributed by atoms with Crippen LogP contribution in [0, 0.1) is 6.92 Å². The van der Waals surface area contributed by atoms with E-state index < -0.39 is 23.6 Å². The highest BCUT2D eigenvalue weighted by Crippen LogP contribution is 2.34. The Hall–Kier alpha value is -1.11. The van der Waals surface area contributed by atoms with Crippen molar-refractivity contribution in [1.82, 2.24) is 0 Å². The molecule has 0 radical (unpaired) electrons. The van der Waals surface area contributed by atoms with Crippen molar-refractivity contribution in [3.8, 4) is 0 Å². The molecule has 1 atom stereocenters. The van der Waals surface area contributed by atoms with E-state index in [0.29, 0.717) is 11.1 Å². The van der Waals surface area contributed by atoms with Gasteiger partial charge in [-0.05, 0) is 37.1 Å². The summed E-state index contributed by atoms with van der Waals surface area (Å²) in [5.74, 6) is 0. The first kappa shape index (κ1) is 16.9. The molecule has 0 aromatic heterocycles. The molecule has 1 rings (SSSR count). The van der Waals surface area contributed by atoms with Crippen LogP contribution in [0.15, 0.2) is 18.2 Å². The molecule has 0 spiro atoms. The zero-order valence-electron chi connectivity index (χ0n) is 11.9. The van der Waals surface area contributed by atoms with Crippen LogP contribution in [-0.2, 0) is 21.3 Å². The van der Waals surface area contributed by atoms with Gasteiger partial charge in [-0.2, -0.15) is 13.2 Å². The van der Waals surface area contributed by atoms with E-state index in [-0.39, 0.29) is 6.42 Å². The molecule has 1 aromatic rings. The summed E-state index contributed by atoms with van der Waals surface area (Å²) in [4.78, 5) is 0. The highest BCUT2D eigenvalue weighted by atomic mass is 19.4. The number of ether oxygens (including phenoxy) is 2. The number of methoxy groups -OCH3 is 2. The molecular weight excluding hydrogens is 273 g/mol. The quantitative estimate of drug-likeness (QED) is 0.847. The predicted octanol–water partition coefficient (Wildman–Crippen LogP) is 3.23. The zero-order valence-corrected chi connectivity index (χ0v) is 11.9. The SMILES string of the molecule is COC(CC(C)(O)c1ccc(C(F)(F)F)cc1C)OC. The molecular formula is C14H19F3O3. The molecule has 0 bridgehead atoms. The van der Waals surface area contributed by atoms with E-state index in [2.05, 4.69) is 0 Å². The van der Waals surface area contributed by atoms with Gasteiger partial charge in [0.05, 0.1) is 11.2 Å². The van der Waals surface area contributed by atoms with E-state index >= 15 is 0 Å². The fraction of sp³-hybridized carbons (Fsp3) is 0.571. The van der Waals surface area contributed by atoms with Gasteiger partial charge in [-0.15, -0.1) is 0 Å². The Morgan fingerprint density at radius 2 is 1.75 bits per heavy atom. The van der Waals surface area contributed by atoms with Crippen LogP contribution in [0.1, 0.15) is 30.0 Å². The third-order valence-electron chi connectivity index (χ3n) is 3.22. The van der Waals surface area contributed by atoms with Gasteiger partial charge in [-0.1, -0.05) is 6.07 Å². The second kappa shape index (κ2) is 6.11. The molecule has 0 aliphatic carbocycles. The first-order chi connectivity index (χ1) is 9.11. The fourth-order valence-corrected chi connectivity index (χ4v) is 2.14. The van der Waals surface area contributed by atoms with E-state index in [1.165, 1.54) is 34.1 Å². The van der Waals surface area contributed by atoms with Crippen LogP contribution in [0.4, 0.5) is 13.2 Å². The van der Waals surface area contributed by atoms with Gasteiger partial charge in [0, 0.05) is 20.6 Å². The number of rotatable bonds is 5. The number of benzene rings is 1. The third-order valence-corrected chi connectivity index (χ3v) is 3.22. The average molecular weight is 292 g/mol. The number of aryl methyl sites for hydroxylation is 1. The van der Waals surface area contributed by atoms with Crippen molar-refractivity contribution in [1.29, 1.82) is 0 Å². The molecule has 3 nitrogen and oxygen atoms in total. The van der Waals surface area contributed by atoms with Crippen molar-refractivity contribution in [2.75, 3.05) is 14.2 Å². The normalized spacial score (nSPS) is 15.4. The maximum atomic E-state index is 12.6. The van der Waals surface area contributed by atoms with Crippen LogP contribution in [0.5, 0.6) is 0 Å². The van der Waals surface area contributed by atoms with Crippen molar-refractivity contribution < 1.29 is 27.8 Å². The van der Waals surface area contributed by atoms with Gasteiger partial charge in [0.15, 0.2) is 6.29 Å². The highest BCUT2D eigenvalue weighted by molar-refractivity contribution is 5.36. The summed E-state index contributed by atoms with van der Waals surface area (Å²) in [6.07, 6.45) is -4.91. The number of halogens is 3. The molecule has 1 N–H and O–H groups in total. The van der Waals surface area contributed by atoms with Crippen LogP contribution >= 0.6 is 0 Å². The fourth-order valence-electron chi connectivity index (χ4n) is 2.14. The van der Waals surface area contributed by atoms with Crippen molar-refractivity contribution in [3.63, 3.8) is 0 Å². The van der Waals surface area contributed by atoms with E-state index in [4.69, 9.17) is 9.47 Å². The maximum Gasteiger partial charge on any atom is 0.416 e. The van der Waals surface area contributed by atoms with Crippen molar-refractivity contribution in [2.45, 2.75) is 38.3 Å². The molecule has 1 aromatic carbocycles. The summed E-state index contributed by atoms with van der Waals surface area (Å²) < 4.78 is 47.9. The monoisotopic (exact) mass is 292 g/mol. The number of aliphatic hydroxyl groups is 1. The van der Waals surface area contributed by atoms with Crippen molar-refractivity contribution in [3.05, 3.63) is 34.9 Å². The van der Waals surface area contributed by atoms with E-state index in [9.17, 15) is 18.3 Å². The molecule has 0 fully saturated rings. The Balaban J connectivity index is 3.07. The number of hydrogen-bond donors (Lipinski definition) is 1. The minimum atomic E-state index is -4.39. The van der Waals surface area contributed by atoms with E-state index in [0.717, 1.165) is 12.1 Å². The molecule has 20 heavy (non-hydrogen) atoms. The average Bonchev–Trinajstić information content (AvgIpc) is 2.34. The topological polar surface area (TPSA) is 38.7 Å². The molecule has 0 aliphatic rings. The molecule has 0 heterocycles. The lowest BCUT2D eigenvalue weighted by molar-refractivity contribution is -0.143. The second-order valence-corrected chi connectivity index (χ2v) is 4.91.